The number of para-hydroxylation sites is 1. The minimum absolute atomic E-state index is 0.0435. The van der Waals surface area contributed by atoms with Gasteiger partial charge in [0.25, 0.3) is 5.91 Å². The Balaban J connectivity index is 1.63. The molecule has 11 heteroatoms. The third-order valence-corrected chi connectivity index (χ3v) is 7.38. The first-order valence-electron chi connectivity index (χ1n) is 11.4. The minimum atomic E-state index is -4.72. The zero-order chi connectivity index (χ0) is 26.6. The van der Waals surface area contributed by atoms with Crippen LogP contribution < -0.4 is 4.18 Å². The van der Waals surface area contributed by atoms with Crippen molar-refractivity contribution in [2.45, 2.75) is 36.6 Å². The van der Waals surface area contributed by atoms with Crippen molar-refractivity contribution in [3.8, 4) is 5.75 Å². The SMILES string of the molecule is O=C(c1ccccc1Cl)N(Cc1ccccc1OS(=O)(=O)c1cccc(C(F)(F)F)c1)C[C@@H]1CCCO1. The second-order valence-corrected chi connectivity index (χ2v) is 10.4. The van der Waals surface area contributed by atoms with Crippen LogP contribution in [0.2, 0.25) is 5.02 Å². The van der Waals surface area contributed by atoms with Gasteiger partial charge in [-0.3, -0.25) is 4.79 Å². The molecule has 0 spiro atoms. The number of ether oxygens (including phenoxy) is 1. The molecule has 1 heterocycles. The molecule has 3 aromatic carbocycles. The Morgan fingerprint density at radius 1 is 1.05 bits per heavy atom. The monoisotopic (exact) mass is 553 g/mol. The molecule has 0 aliphatic carbocycles. The number of carbonyl (C=O) groups is 1. The van der Waals surface area contributed by atoms with E-state index in [4.69, 9.17) is 20.5 Å². The molecule has 4 rings (SSSR count). The number of nitrogens with zero attached hydrogens (tertiary/aromatic N) is 1. The summed E-state index contributed by atoms with van der Waals surface area (Å²) in [6.45, 7) is 0.769. The number of halogens is 4. The van der Waals surface area contributed by atoms with Crippen molar-refractivity contribution < 1.29 is 35.3 Å². The highest BCUT2D eigenvalue weighted by atomic mass is 35.5. The van der Waals surface area contributed by atoms with Crippen molar-refractivity contribution in [2.75, 3.05) is 13.2 Å². The highest BCUT2D eigenvalue weighted by Gasteiger charge is 2.32. The highest BCUT2D eigenvalue weighted by Crippen LogP contribution is 2.32. The summed E-state index contributed by atoms with van der Waals surface area (Å²) in [5.41, 5.74) is -0.493. The van der Waals surface area contributed by atoms with E-state index < -0.39 is 26.8 Å². The predicted molar refractivity (Wildman–Crippen MR) is 131 cm³/mol. The summed E-state index contributed by atoms with van der Waals surface area (Å²) in [5, 5.41) is 0.265. The molecular formula is C26H23ClF3NO5S. The number of alkyl halides is 3. The molecule has 0 bridgehead atoms. The van der Waals surface area contributed by atoms with Crippen LogP contribution >= 0.6 is 11.6 Å². The van der Waals surface area contributed by atoms with E-state index in [0.29, 0.717) is 18.2 Å². The maximum Gasteiger partial charge on any atom is 0.416 e. The van der Waals surface area contributed by atoms with Gasteiger partial charge in [0.1, 0.15) is 10.6 Å². The summed E-state index contributed by atoms with van der Waals surface area (Å²) < 4.78 is 76.1. The van der Waals surface area contributed by atoms with Crippen molar-refractivity contribution in [1.82, 2.24) is 4.90 Å². The molecule has 1 saturated heterocycles. The first-order chi connectivity index (χ1) is 17.5. The molecule has 0 unspecified atom stereocenters. The molecule has 1 atom stereocenters. The van der Waals surface area contributed by atoms with Crippen LogP contribution in [-0.2, 0) is 27.6 Å². The molecule has 1 aliphatic heterocycles. The van der Waals surface area contributed by atoms with E-state index in [1.165, 1.54) is 17.0 Å². The quantitative estimate of drug-likeness (QED) is 0.322. The molecule has 1 amide bonds. The van der Waals surface area contributed by atoms with Crippen LogP contribution in [0.4, 0.5) is 13.2 Å². The van der Waals surface area contributed by atoms with Crippen molar-refractivity contribution in [3.63, 3.8) is 0 Å². The highest BCUT2D eigenvalue weighted by molar-refractivity contribution is 7.87. The zero-order valence-corrected chi connectivity index (χ0v) is 21.0. The third kappa shape index (κ3) is 6.63. The Bertz CT molecular complexity index is 1370. The predicted octanol–water partition coefficient (Wildman–Crippen LogP) is 5.95. The van der Waals surface area contributed by atoms with E-state index in [-0.39, 0.29) is 41.4 Å². The van der Waals surface area contributed by atoms with E-state index in [0.717, 1.165) is 31.0 Å². The average molecular weight is 554 g/mol. The second-order valence-electron chi connectivity index (χ2n) is 8.47. The summed E-state index contributed by atoms with van der Waals surface area (Å²) >= 11 is 6.25. The molecule has 37 heavy (non-hydrogen) atoms. The molecule has 6 nitrogen and oxygen atoms in total. The third-order valence-electron chi connectivity index (χ3n) is 5.82. The van der Waals surface area contributed by atoms with Gasteiger partial charge in [0.05, 0.1) is 22.3 Å². The number of rotatable bonds is 8. The molecule has 0 N–H and O–H groups in total. The Morgan fingerprint density at radius 3 is 2.49 bits per heavy atom. The fourth-order valence-corrected chi connectivity index (χ4v) is 5.20. The normalized spacial score (nSPS) is 15.9. The van der Waals surface area contributed by atoms with Crippen LogP contribution in [0.5, 0.6) is 5.75 Å². The molecular weight excluding hydrogens is 531 g/mol. The lowest BCUT2D eigenvalue weighted by molar-refractivity contribution is -0.137. The van der Waals surface area contributed by atoms with Crippen LogP contribution in [0.25, 0.3) is 0 Å². The van der Waals surface area contributed by atoms with E-state index in [9.17, 15) is 26.4 Å². The molecule has 0 radical (unpaired) electrons. The van der Waals surface area contributed by atoms with Gasteiger partial charge in [-0.15, -0.1) is 0 Å². The lowest BCUT2D eigenvalue weighted by Gasteiger charge is -2.27. The summed E-state index contributed by atoms with van der Waals surface area (Å²) in [5.74, 6) is -0.485. The molecule has 1 aliphatic rings. The summed E-state index contributed by atoms with van der Waals surface area (Å²) in [6.07, 6.45) is -3.30. The number of amides is 1. The first-order valence-corrected chi connectivity index (χ1v) is 13.2. The fraction of sp³-hybridized carbons (Fsp3) is 0.269. The van der Waals surface area contributed by atoms with Gasteiger partial charge in [-0.25, -0.2) is 0 Å². The Labute approximate surface area is 217 Å². The van der Waals surface area contributed by atoms with E-state index in [1.807, 2.05) is 0 Å². The topological polar surface area (TPSA) is 72.9 Å². The Morgan fingerprint density at radius 2 is 1.78 bits per heavy atom. The van der Waals surface area contributed by atoms with Gasteiger partial charge in [0.2, 0.25) is 0 Å². The largest absolute Gasteiger partial charge is 0.416 e. The molecule has 196 valence electrons. The standard InChI is InChI=1S/C26H23ClF3NO5S/c27-23-12-3-2-11-22(23)25(32)31(17-20-9-6-14-35-20)16-18-7-1-4-13-24(18)36-37(33,34)21-10-5-8-19(15-21)26(28,29)30/h1-5,7-8,10-13,15,20H,6,9,14,16-17H2/t20-/m0/s1. The van der Waals surface area contributed by atoms with Gasteiger partial charge in [-0.2, -0.15) is 21.6 Å². The smallest absolute Gasteiger partial charge is 0.379 e. The molecule has 1 fully saturated rings. The van der Waals surface area contributed by atoms with Crippen LogP contribution in [0, 0.1) is 0 Å². The van der Waals surface area contributed by atoms with Crippen LogP contribution in [0.1, 0.15) is 34.3 Å². The van der Waals surface area contributed by atoms with E-state index in [1.54, 1.807) is 36.4 Å². The second kappa shape index (κ2) is 11.1. The summed E-state index contributed by atoms with van der Waals surface area (Å²) in [6, 6.07) is 16.0. The Hall–Kier alpha value is -3.08. The van der Waals surface area contributed by atoms with Gasteiger partial charge in [0, 0.05) is 25.3 Å². The van der Waals surface area contributed by atoms with E-state index >= 15 is 0 Å². The van der Waals surface area contributed by atoms with Crippen LogP contribution in [0.3, 0.4) is 0 Å². The maximum atomic E-state index is 13.4. The summed E-state index contributed by atoms with van der Waals surface area (Å²) in [7, 11) is -4.61. The number of carbonyl (C=O) groups excluding carboxylic acids is 1. The molecule has 3 aromatic rings. The van der Waals surface area contributed by atoms with Crippen molar-refractivity contribution in [3.05, 3.63) is 94.5 Å². The minimum Gasteiger partial charge on any atom is -0.379 e. The summed E-state index contributed by atoms with van der Waals surface area (Å²) in [4.78, 5) is 14.3. The number of hydrogen-bond donors (Lipinski definition) is 0. The molecule has 0 aromatic heterocycles. The van der Waals surface area contributed by atoms with Gasteiger partial charge >= 0.3 is 16.3 Å². The van der Waals surface area contributed by atoms with Crippen molar-refractivity contribution >= 4 is 27.6 Å². The zero-order valence-electron chi connectivity index (χ0n) is 19.4. The van der Waals surface area contributed by atoms with Crippen molar-refractivity contribution in [2.24, 2.45) is 0 Å². The van der Waals surface area contributed by atoms with Gasteiger partial charge in [0.15, 0.2) is 0 Å². The lowest BCUT2D eigenvalue weighted by atomic mass is 10.1. The van der Waals surface area contributed by atoms with Gasteiger partial charge < -0.3 is 13.8 Å². The number of benzene rings is 3. The number of hydrogen-bond acceptors (Lipinski definition) is 5. The van der Waals surface area contributed by atoms with E-state index in [2.05, 4.69) is 0 Å². The fourth-order valence-electron chi connectivity index (χ4n) is 3.97. The van der Waals surface area contributed by atoms with Crippen molar-refractivity contribution in [1.29, 1.82) is 0 Å². The lowest BCUT2D eigenvalue weighted by Crippen LogP contribution is -2.37. The maximum absolute atomic E-state index is 13.4. The van der Waals surface area contributed by atoms with Crippen LogP contribution in [0.15, 0.2) is 77.7 Å². The van der Waals surface area contributed by atoms with Gasteiger partial charge in [-0.1, -0.05) is 48.0 Å². The average Bonchev–Trinajstić information content (AvgIpc) is 3.37. The van der Waals surface area contributed by atoms with Gasteiger partial charge in [-0.05, 0) is 49.2 Å². The first kappa shape index (κ1) is 27.0. The van der Waals surface area contributed by atoms with Crippen LogP contribution in [-0.4, -0.2) is 38.5 Å². The molecule has 0 saturated carbocycles. The Kier molecular flexibility index (Phi) is 8.11.